The highest BCUT2D eigenvalue weighted by molar-refractivity contribution is 6.36. The molecule has 0 nitrogen and oxygen atoms in total. The quantitative estimate of drug-likeness (QED) is 0.530. The summed E-state index contributed by atoms with van der Waals surface area (Å²) in [7, 11) is 6.34. The lowest BCUT2D eigenvalue weighted by atomic mass is 9.82. The van der Waals surface area contributed by atoms with Gasteiger partial charge in [-0.2, -0.15) is 0 Å². The molecule has 2 radical (unpaired) electrons. The summed E-state index contributed by atoms with van der Waals surface area (Å²) in [5, 5.41) is 0. The van der Waals surface area contributed by atoms with Crippen LogP contribution in [0.25, 0.3) is 22.3 Å². The second kappa shape index (κ2) is 7.31. The summed E-state index contributed by atoms with van der Waals surface area (Å²) >= 11 is 0. The van der Waals surface area contributed by atoms with Gasteiger partial charge in [-0.05, 0) is 46.6 Å². The monoisotopic (exact) mass is 322 g/mol. The molecule has 1 aliphatic rings. The summed E-state index contributed by atoms with van der Waals surface area (Å²) in [6, 6.07) is 25.9. The van der Waals surface area contributed by atoms with Crippen LogP contribution >= 0.6 is 0 Å². The molecule has 0 heterocycles. The van der Waals surface area contributed by atoms with Crippen LogP contribution in [0.5, 0.6) is 0 Å². The minimum Gasteiger partial charge on any atom is -0.0884 e. The molecule has 1 saturated carbocycles. The van der Waals surface area contributed by atoms with E-state index in [0.29, 0.717) is 0 Å². The Balaban J connectivity index is 1.58. The number of benzene rings is 3. The molecule has 25 heavy (non-hydrogen) atoms. The highest BCUT2D eigenvalue weighted by Crippen LogP contribution is 2.33. The summed E-state index contributed by atoms with van der Waals surface area (Å²) in [5.41, 5.74) is 7.03. The van der Waals surface area contributed by atoms with E-state index in [4.69, 9.17) is 7.85 Å². The zero-order chi connectivity index (χ0) is 17.1. The molecule has 1 heteroatoms. The van der Waals surface area contributed by atoms with Gasteiger partial charge in [-0.1, -0.05) is 97.5 Å². The topological polar surface area (TPSA) is 0 Å². The van der Waals surface area contributed by atoms with Crippen molar-refractivity contribution >= 4 is 13.3 Å². The molecule has 4 rings (SSSR count). The minimum atomic E-state index is 0.758. The molecule has 0 aromatic heterocycles. The minimum absolute atomic E-state index is 0.758. The number of hydrogen-bond acceptors (Lipinski definition) is 0. The second-order valence-electron chi connectivity index (χ2n) is 7.12. The van der Waals surface area contributed by atoms with Gasteiger partial charge in [0.1, 0.15) is 7.85 Å². The maximum atomic E-state index is 6.34. The van der Waals surface area contributed by atoms with Gasteiger partial charge < -0.3 is 0 Å². The maximum absolute atomic E-state index is 6.34. The van der Waals surface area contributed by atoms with Crippen LogP contribution in [0.3, 0.4) is 0 Å². The fourth-order valence-electron chi connectivity index (χ4n) is 4.01. The first kappa shape index (κ1) is 16.2. The summed E-state index contributed by atoms with van der Waals surface area (Å²) in [5.74, 6) is 0.758. The van der Waals surface area contributed by atoms with Gasteiger partial charge >= 0.3 is 0 Å². The molecular weight excluding hydrogens is 299 g/mol. The van der Waals surface area contributed by atoms with Gasteiger partial charge in [0.2, 0.25) is 0 Å². The van der Waals surface area contributed by atoms with E-state index in [9.17, 15) is 0 Å². The highest BCUT2D eigenvalue weighted by Gasteiger charge is 2.15. The van der Waals surface area contributed by atoms with Crippen LogP contribution in [0.15, 0.2) is 72.8 Å². The largest absolute Gasteiger partial charge is 0.114 e. The van der Waals surface area contributed by atoms with Crippen LogP contribution < -0.4 is 5.46 Å². The van der Waals surface area contributed by atoms with Crippen molar-refractivity contribution in [1.82, 2.24) is 0 Å². The predicted molar refractivity (Wildman–Crippen MR) is 109 cm³/mol. The summed E-state index contributed by atoms with van der Waals surface area (Å²) in [6.45, 7) is 0. The van der Waals surface area contributed by atoms with Crippen molar-refractivity contribution in [3.05, 3.63) is 78.4 Å². The van der Waals surface area contributed by atoms with Gasteiger partial charge in [-0.3, -0.25) is 0 Å². The predicted octanol–water partition coefficient (Wildman–Crippen LogP) is 5.86. The molecule has 0 saturated heterocycles. The molecule has 1 aliphatic carbocycles. The van der Waals surface area contributed by atoms with E-state index < -0.39 is 0 Å². The fourth-order valence-corrected chi connectivity index (χ4v) is 4.01. The second-order valence-corrected chi connectivity index (χ2v) is 7.12. The van der Waals surface area contributed by atoms with Crippen LogP contribution in [0.2, 0.25) is 0 Å². The molecule has 0 N–H and O–H groups in total. The molecule has 0 spiro atoms. The lowest BCUT2D eigenvalue weighted by Gasteiger charge is -2.22. The van der Waals surface area contributed by atoms with Crippen LogP contribution in [-0.4, -0.2) is 7.85 Å². The first-order valence-corrected chi connectivity index (χ1v) is 9.36. The lowest BCUT2D eigenvalue weighted by Crippen LogP contribution is -2.07. The smallest absolute Gasteiger partial charge is 0.0884 e. The SMILES string of the molecule is [B]c1cc(-c2ccc(C3CCCCC3)cc2)ccc1-c1ccccc1. The third-order valence-electron chi connectivity index (χ3n) is 5.46. The van der Waals surface area contributed by atoms with E-state index >= 15 is 0 Å². The van der Waals surface area contributed by atoms with Gasteiger partial charge in [-0.15, -0.1) is 0 Å². The van der Waals surface area contributed by atoms with Crippen LogP contribution in [0.1, 0.15) is 43.6 Å². The first-order valence-electron chi connectivity index (χ1n) is 9.36. The summed E-state index contributed by atoms with van der Waals surface area (Å²) < 4.78 is 0. The average Bonchev–Trinajstić information content (AvgIpc) is 2.69. The third-order valence-corrected chi connectivity index (χ3v) is 5.46. The van der Waals surface area contributed by atoms with E-state index in [1.54, 1.807) is 0 Å². The Morgan fingerprint density at radius 1 is 0.640 bits per heavy atom. The van der Waals surface area contributed by atoms with Crippen LogP contribution in [-0.2, 0) is 0 Å². The first-order chi connectivity index (χ1) is 12.3. The highest BCUT2D eigenvalue weighted by atomic mass is 14.2. The van der Waals surface area contributed by atoms with Gasteiger partial charge in [-0.25, -0.2) is 0 Å². The Hall–Kier alpha value is -2.28. The van der Waals surface area contributed by atoms with E-state index in [2.05, 4.69) is 54.6 Å². The third kappa shape index (κ3) is 3.56. The maximum Gasteiger partial charge on any atom is 0.114 e. The van der Waals surface area contributed by atoms with Gasteiger partial charge in [0.05, 0.1) is 0 Å². The summed E-state index contributed by atoms with van der Waals surface area (Å²) in [4.78, 5) is 0. The van der Waals surface area contributed by atoms with Crippen LogP contribution in [0.4, 0.5) is 0 Å². The van der Waals surface area contributed by atoms with Crippen molar-refractivity contribution in [2.45, 2.75) is 38.0 Å². The van der Waals surface area contributed by atoms with E-state index in [1.165, 1.54) is 54.4 Å². The van der Waals surface area contributed by atoms with E-state index in [1.807, 2.05) is 18.2 Å². The molecule has 0 unspecified atom stereocenters. The Labute approximate surface area is 152 Å². The molecule has 0 amide bonds. The molecule has 0 bridgehead atoms. The molecule has 0 atom stereocenters. The molecule has 0 aliphatic heterocycles. The van der Waals surface area contributed by atoms with Crippen molar-refractivity contribution in [2.24, 2.45) is 0 Å². The van der Waals surface area contributed by atoms with Crippen molar-refractivity contribution in [3.63, 3.8) is 0 Å². The molecular formula is C24H23B. The normalized spacial score (nSPS) is 15.2. The Morgan fingerprint density at radius 3 is 2.00 bits per heavy atom. The molecule has 3 aromatic carbocycles. The van der Waals surface area contributed by atoms with Crippen molar-refractivity contribution in [1.29, 1.82) is 0 Å². The molecule has 1 fully saturated rings. The van der Waals surface area contributed by atoms with Crippen molar-refractivity contribution in [3.8, 4) is 22.3 Å². The van der Waals surface area contributed by atoms with Crippen molar-refractivity contribution < 1.29 is 0 Å². The molecule has 3 aromatic rings. The van der Waals surface area contributed by atoms with Gasteiger partial charge in [0.15, 0.2) is 0 Å². The van der Waals surface area contributed by atoms with E-state index in [0.717, 1.165) is 16.9 Å². The Morgan fingerprint density at radius 2 is 1.32 bits per heavy atom. The van der Waals surface area contributed by atoms with Crippen molar-refractivity contribution in [2.75, 3.05) is 0 Å². The van der Waals surface area contributed by atoms with Gasteiger partial charge in [0, 0.05) is 0 Å². The standard InChI is InChI=1S/C24H23B/c25-24-17-22(15-16-23(24)21-9-5-2-6-10-21)20-13-11-19(12-14-20)18-7-3-1-4-8-18/h2,5-6,9-18H,1,3-4,7-8H2. The molecule has 122 valence electrons. The number of hydrogen-bond donors (Lipinski definition) is 0. The average molecular weight is 322 g/mol. The van der Waals surface area contributed by atoms with Gasteiger partial charge in [0.25, 0.3) is 0 Å². The zero-order valence-corrected chi connectivity index (χ0v) is 14.6. The Kier molecular flexibility index (Phi) is 4.74. The summed E-state index contributed by atoms with van der Waals surface area (Å²) in [6.07, 6.45) is 6.85. The van der Waals surface area contributed by atoms with Crippen LogP contribution in [0, 0.1) is 0 Å². The fraction of sp³-hybridized carbons (Fsp3) is 0.250. The number of rotatable bonds is 3. The Bertz CT molecular complexity index is 828. The lowest BCUT2D eigenvalue weighted by molar-refractivity contribution is 0.443. The zero-order valence-electron chi connectivity index (χ0n) is 14.6. The van der Waals surface area contributed by atoms with E-state index in [-0.39, 0.29) is 0 Å².